The van der Waals surface area contributed by atoms with Crippen molar-refractivity contribution in [1.82, 2.24) is 10.3 Å². The standard InChI is InChI=1S/C21H23ClN4O3/c22-17-3-1-15(2-4-17)13-26-18-9-16(11-23-20(18)24-12-19(26)27)21(28)25-10-14-5-7-29-8-6-14/h1-4,9,11,14H,5-8,10,12-13H2,(H,23,24)(H,25,28). The first-order valence-corrected chi connectivity index (χ1v) is 10.1. The molecule has 2 N–H and O–H groups in total. The van der Waals surface area contributed by atoms with Crippen LogP contribution in [0.1, 0.15) is 28.8 Å². The van der Waals surface area contributed by atoms with Crippen LogP contribution in [0.15, 0.2) is 36.5 Å². The van der Waals surface area contributed by atoms with Crippen LogP contribution < -0.4 is 15.5 Å². The number of aromatic nitrogens is 1. The van der Waals surface area contributed by atoms with E-state index in [1.165, 1.54) is 0 Å². The predicted octanol–water partition coefficient (Wildman–Crippen LogP) is 2.85. The number of nitrogens with one attached hydrogen (secondary N) is 2. The molecule has 1 fully saturated rings. The Labute approximate surface area is 174 Å². The van der Waals surface area contributed by atoms with Crippen molar-refractivity contribution < 1.29 is 14.3 Å². The molecule has 0 atom stereocenters. The minimum absolute atomic E-state index is 0.0750. The van der Waals surface area contributed by atoms with Crippen molar-refractivity contribution in [2.75, 3.05) is 36.5 Å². The van der Waals surface area contributed by atoms with Crippen LogP contribution in [0, 0.1) is 5.92 Å². The molecule has 3 heterocycles. The maximum absolute atomic E-state index is 12.6. The highest BCUT2D eigenvalue weighted by molar-refractivity contribution is 6.30. The largest absolute Gasteiger partial charge is 0.381 e. The number of fused-ring (bicyclic) bond motifs is 1. The third kappa shape index (κ3) is 4.68. The van der Waals surface area contributed by atoms with E-state index in [-0.39, 0.29) is 18.4 Å². The average Bonchev–Trinajstić information content (AvgIpc) is 2.76. The van der Waals surface area contributed by atoms with E-state index >= 15 is 0 Å². The number of nitrogens with zero attached hydrogens (tertiary/aromatic N) is 2. The second-order valence-electron chi connectivity index (χ2n) is 7.32. The van der Waals surface area contributed by atoms with Crippen LogP contribution in [-0.4, -0.2) is 43.1 Å². The summed E-state index contributed by atoms with van der Waals surface area (Å²) in [6.45, 7) is 2.66. The van der Waals surface area contributed by atoms with Gasteiger partial charge in [-0.25, -0.2) is 4.98 Å². The normalized spacial score (nSPS) is 16.9. The lowest BCUT2D eigenvalue weighted by Crippen LogP contribution is -2.40. The molecule has 0 spiro atoms. The molecule has 0 unspecified atom stereocenters. The number of benzene rings is 1. The lowest BCUT2D eigenvalue weighted by atomic mass is 10.0. The van der Waals surface area contributed by atoms with Gasteiger partial charge in [0.2, 0.25) is 5.91 Å². The molecule has 0 bridgehead atoms. The molecule has 152 valence electrons. The fourth-order valence-corrected chi connectivity index (χ4v) is 3.67. The number of rotatable bonds is 5. The average molecular weight is 415 g/mol. The fourth-order valence-electron chi connectivity index (χ4n) is 3.54. The van der Waals surface area contributed by atoms with Gasteiger partial charge >= 0.3 is 0 Å². The highest BCUT2D eigenvalue weighted by atomic mass is 35.5. The number of anilines is 2. The van der Waals surface area contributed by atoms with Crippen LogP contribution >= 0.6 is 11.6 Å². The minimum Gasteiger partial charge on any atom is -0.381 e. The first-order valence-electron chi connectivity index (χ1n) is 9.75. The molecular weight excluding hydrogens is 392 g/mol. The Morgan fingerprint density at radius 2 is 2.03 bits per heavy atom. The van der Waals surface area contributed by atoms with E-state index in [1.807, 2.05) is 12.1 Å². The molecule has 0 radical (unpaired) electrons. The smallest absolute Gasteiger partial charge is 0.252 e. The van der Waals surface area contributed by atoms with Gasteiger partial charge < -0.3 is 20.3 Å². The minimum atomic E-state index is -0.184. The maximum Gasteiger partial charge on any atom is 0.252 e. The van der Waals surface area contributed by atoms with Gasteiger partial charge in [-0.15, -0.1) is 0 Å². The summed E-state index contributed by atoms with van der Waals surface area (Å²) in [5.74, 6) is 0.771. The molecule has 0 saturated carbocycles. The van der Waals surface area contributed by atoms with Gasteiger partial charge in [-0.3, -0.25) is 9.59 Å². The molecule has 1 saturated heterocycles. The zero-order valence-corrected chi connectivity index (χ0v) is 16.7. The van der Waals surface area contributed by atoms with Gasteiger partial charge in [-0.1, -0.05) is 23.7 Å². The van der Waals surface area contributed by atoms with Crippen LogP contribution in [0.5, 0.6) is 0 Å². The van der Waals surface area contributed by atoms with Gasteiger partial charge in [0.15, 0.2) is 5.82 Å². The second-order valence-corrected chi connectivity index (χ2v) is 7.75. The molecular formula is C21H23ClN4O3. The van der Waals surface area contributed by atoms with Crippen LogP contribution in [-0.2, 0) is 16.1 Å². The Balaban J connectivity index is 1.50. The van der Waals surface area contributed by atoms with Gasteiger partial charge in [-0.2, -0.15) is 0 Å². The van der Waals surface area contributed by atoms with E-state index in [1.54, 1.807) is 29.3 Å². The van der Waals surface area contributed by atoms with Gasteiger partial charge in [0.05, 0.1) is 24.3 Å². The van der Waals surface area contributed by atoms with Crippen molar-refractivity contribution in [1.29, 1.82) is 0 Å². The van der Waals surface area contributed by atoms with E-state index < -0.39 is 0 Å². The summed E-state index contributed by atoms with van der Waals surface area (Å²) in [7, 11) is 0. The first kappa shape index (κ1) is 19.7. The molecule has 2 aliphatic heterocycles. The van der Waals surface area contributed by atoms with Crippen molar-refractivity contribution in [2.24, 2.45) is 5.92 Å². The van der Waals surface area contributed by atoms with Crippen molar-refractivity contribution in [3.63, 3.8) is 0 Å². The van der Waals surface area contributed by atoms with Crippen LogP contribution in [0.2, 0.25) is 5.02 Å². The molecule has 1 aromatic carbocycles. The zero-order chi connectivity index (χ0) is 20.2. The topological polar surface area (TPSA) is 83.6 Å². The summed E-state index contributed by atoms with van der Waals surface area (Å²) >= 11 is 5.95. The van der Waals surface area contributed by atoms with E-state index in [9.17, 15) is 9.59 Å². The van der Waals surface area contributed by atoms with Gasteiger partial charge in [0.25, 0.3) is 5.91 Å². The van der Waals surface area contributed by atoms with Crippen molar-refractivity contribution >= 4 is 34.9 Å². The summed E-state index contributed by atoms with van der Waals surface area (Å²) < 4.78 is 5.36. The SMILES string of the molecule is O=C(NCC1CCOCC1)c1cnc2c(c1)N(Cc1ccc(Cl)cc1)C(=O)CN2. The van der Waals surface area contributed by atoms with E-state index in [0.29, 0.717) is 41.1 Å². The Hall–Kier alpha value is -2.64. The van der Waals surface area contributed by atoms with Crippen molar-refractivity contribution in [3.8, 4) is 0 Å². The van der Waals surface area contributed by atoms with Crippen LogP contribution in [0.3, 0.4) is 0 Å². The van der Waals surface area contributed by atoms with Gasteiger partial charge in [0.1, 0.15) is 0 Å². The number of carbonyl (C=O) groups is 2. The van der Waals surface area contributed by atoms with E-state index in [0.717, 1.165) is 31.6 Å². The molecule has 0 aliphatic carbocycles. The third-order valence-corrected chi connectivity index (χ3v) is 5.53. The van der Waals surface area contributed by atoms with Gasteiger partial charge in [-0.05, 0) is 42.5 Å². The highest BCUT2D eigenvalue weighted by Gasteiger charge is 2.26. The summed E-state index contributed by atoms with van der Waals surface area (Å²) in [5.41, 5.74) is 1.99. The molecule has 2 amide bonds. The molecule has 7 nitrogen and oxygen atoms in total. The first-order chi connectivity index (χ1) is 14.1. The molecule has 29 heavy (non-hydrogen) atoms. The molecule has 2 aliphatic rings. The van der Waals surface area contributed by atoms with E-state index in [4.69, 9.17) is 16.3 Å². The monoisotopic (exact) mass is 414 g/mol. The number of ether oxygens (including phenoxy) is 1. The van der Waals surface area contributed by atoms with E-state index in [2.05, 4.69) is 15.6 Å². The summed E-state index contributed by atoms with van der Waals surface area (Å²) in [6.07, 6.45) is 3.45. The molecule has 1 aromatic heterocycles. The van der Waals surface area contributed by atoms with Crippen LogP contribution in [0.25, 0.3) is 0 Å². The highest BCUT2D eigenvalue weighted by Crippen LogP contribution is 2.30. The predicted molar refractivity (Wildman–Crippen MR) is 111 cm³/mol. The molecule has 4 rings (SSSR count). The Kier molecular flexibility index (Phi) is 5.97. The number of amides is 2. The third-order valence-electron chi connectivity index (χ3n) is 5.27. The van der Waals surface area contributed by atoms with Crippen molar-refractivity contribution in [3.05, 3.63) is 52.7 Å². The number of pyridine rings is 1. The number of hydrogen-bond acceptors (Lipinski definition) is 5. The Morgan fingerprint density at radius 1 is 1.28 bits per heavy atom. The molecule has 2 aromatic rings. The Bertz CT molecular complexity index is 897. The van der Waals surface area contributed by atoms with Gasteiger partial charge in [0, 0.05) is 31.0 Å². The number of hydrogen-bond donors (Lipinski definition) is 2. The maximum atomic E-state index is 12.6. The summed E-state index contributed by atoms with van der Waals surface area (Å²) in [5, 5.41) is 6.65. The summed E-state index contributed by atoms with van der Waals surface area (Å²) in [6, 6.07) is 9.08. The second kappa shape index (κ2) is 8.80. The number of carbonyl (C=O) groups excluding carboxylic acids is 2. The van der Waals surface area contributed by atoms with Crippen LogP contribution in [0.4, 0.5) is 11.5 Å². The quantitative estimate of drug-likeness (QED) is 0.786. The summed E-state index contributed by atoms with van der Waals surface area (Å²) in [4.78, 5) is 31.2. The zero-order valence-electron chi connectivity index (χ0n) is 16.0. The van der Waals surface area contributed by atoms with Crippen molar-refractivity contribution in [2.45, 2.75) is 19.4 Å². The molecule has 8 heteroatoms. The lowest BCUT2D eigenvalue weighted by molar-refractivity contribution is -0.117. The Morgan fingerprint density at radius 3 is 2.79 bits per heavy atom. The fraction of sp³-hybridized carbons (Fsp3) is 0.381. The lowest BCUT2D eigenvalue weighted by Gasteiger charge is -2.30. The number of halogens is 1.